The summed E-state index contributed by atoms with van der Waals surface area (Å²) in [6, 6.07) is 4.16. The lowest BCUT2D eigenvalue weighted by Crippen LogP contribution is -2.30. The molecule has 2 atom stereocenters. The van der Waals surface area contributed by atoms with Gasteiger partial charge >= 0.3 is 0 Å². The van der Waals surface area contributed by atoms with Gasteiger partial charge in [0.25, 0.3) is 0 Å². The molecule has 0 aliphatic rings. The van der Waals surface area contributed by atoms with Gasteiger partial charge in [-0.25, -0.2) is 0 Å². The molecule has 1 aromatic rings. The Kier molecular flexibility index (Phi) is 5.56. The van der Waals surface area contributed by atoms with Gasteiger partial charge in [-0.1, -0.05) is 19.8 Å². The number of unbranched alkanes of at least 4 members (excludes halogenated alkanes) is 1. The molecule has 0 fully saturated rings. The van der Waals surface area contributed by atoms with Gasteiger partial charge in [-0.2, -0.15) is 0 Å². The van der Waals surface area contributed by atoms with Crippen molar-refractivity contribution in [1.82, 2.24) is 5.32 Å². The van der Waals surface area contributed by atoms with Crippen molar-refractivity contribution in [1.29, 1.82) is 0 Å². The van der Waals surface area contributed by atoms with E-state index in [1.807, 2.05) is 19.1 Å². The normalized spacial score (nSPS) is 15.0. The Morgan fingerprint density at radius 2 is 2.19 bits per heavy atom. The fourth-order valence-electron chi connectivity index (χ4n) is 1.66. The predicted octanol–water partition coefficient (Wildman–Crippen LogP) is 2.79. The average molecular weight is 225 g/mol. The first-order valence-electron chi connectivity index (χ1n) is 6.11. The minimum Gasteiger partial charge on any atom is -0.464 e. The van der Waals surface area contributed by atoms with Gasteiger partial charge in [0.05, 0.1) is 0 Å². The molecule has 0 saturated heterocycles. The number of rotatable bonds is 7. The highest BCUT2D eigenvalue weighted by atomic mass is 16.4. The summed E-state index contributed by atoms with van der Waals surface area (Å²) in [5.74, 6) is 1.49. The Bertz CT molecular complexity index is 296. The molecule has 16 heavy (non-hydrogen) atoms. The van der Waals surface area contributed by atoms with Crippen molar-refractivity contribution in [3.8, 4) is 0 Å². The Labute approximate surface area is 97.9 Å². The third kappa shape index (κ3) is 4.37. The first-order chi connectivity index (χ1) is 7.63. The van der Waals surface area contributed by atoms with Crippen LogP contribution < -0.4 is 5.32 Å². The molecule has 0 spiro atoms. The molecule has 0 radical (unpaired) electrons. The number of nitrogens with one attached hydrogen (secondary N) is 1. The number of hydrogen-bond donors (Lipinski definition) is 2. The minimum atomic E-state index is -0.544. The fraction of sp³-hybridized carbons (Fsp3) is 0.692. The van der Waals surface area contributed by atoms with Gasteiger partial charge < -0.3 is 14.8 Å². The molecule has 0 amide bonds. The topological polar surface area (TPSA) is 45.4 Å². The highest BCUT2D eigenvalue weighted by molar-refractivity contribution is 5.08. The lowest BCUT2D eigenvalue weighted by Gasteiger charge is -2.15. The van der Waals surface area contributed by atoms with Crippen LogP contribution in [0.4, 0.5) is 0 Å². The van der Waals surface area contributed by atoms with E-state index in [0.29, 0.717) is 18.3 Å². The van der Waals surface area contributed by atoms with Crippen LogP contribution in [0.15, 0.2) is 16.5 Å². The summed E-state index contributed by atoms with van der Waals surface area (Å²) in [6.07, 6.45) is 3.05. The minimum absolute atomic E-state index is 0.450. The molecular weight excluding hydrogens is 202 g/mol. The van der Waals surface area contributed by atoms with E-state index in [2.05, 4.69) is 19.2 Å². The largest absolute Gasteiger partial charge is 0.464 e. The lowest BCUT2D eigenvalue weighted by atomic mass is 10.1. The molecule has 0 bridgehead atoms. The zero-order valence-electron chi connectivity index (χ0n) is 10.5. The molecule has 1 rings (SSSR count). The highest BCUT2D eigenvalue weighted by Crippen LogP contribution is 2.15. The Morgan fingerprint density at radius 1 is 1.44 bits per heavy atom. The van der Waals surface area contributed by atoms with Crippen molar-refractivity contribution in [3.63, 3.8) is 0 Å². The van der Waals surface area contributed by atoms with Crippen LogP contribution in [-0.2, 0) is 0 Å². The molecule has 0 aromatic carbocycles. The van der Waals surface area contributed by atoms with Crippen molar-refractivity contribution in [2.45, 2.75) is 52.2 Å². The average Bonchev–Trinajstić information content (AvgIpc) is 2.69. The molecule has 0 aliphatic carbocycles. The van der Waals surface area contributed by atoms with E-state index >= 15 is 0 Å². The summed E-state index contributed by atoms with van der Waals surface area (Å²) in [5, 5.41) is 13.2. The van der Waals surface area contributed by atoms with Crippen LogP contribution in [0.1, 0.15) is 50.7 Å². The highest BCUT2D eigenvalue weighted by Gasteiger charge is 2.12. The summed E-state index contributed by atoms with van der Waals surface area (Å²) in [7, 11) is 0. The molecule has 1 heterocycles. The molecule has 0 aliphatic heterocycles. The quantitative estimate of drug-likeness (QED) is 0.750. The van der Waals surface area contributed by atoms with Gasteiger partial charge in [0.1, 0.15) is 17.6 Å². The van der Waals surface area contributed by atoms with E-state index in [0.717, 1.165) is 12.2 Å². The molecular formula is C13H23NO2. The number of furan rings is 1. The standard InChI is InChI=1S/C13H23NO2/c1-4-5-6-10(2)14-9-12(15)13-8-7-11(3)16-13/h7-8,10,12,14-15H,4-6,9H2,1-3H3. The molecule has 2 N–H and O–H groups in total. The number of aliphatic hydroxyl groups is 1. The number of aliphatic hydroxyl groups excluding tert-OH is 1. The second kappa shape index (κ2) is 6.71. The van der Waals surface area contributed by atoms with Crippen molar-refractivity contribution >= 4 is 0 Å². The van der Waals surface area contributed by atoms with Crippen molar-refractivity contribution in [3.05, 3.63) is 23.7 Å². The number of aryl methyl sites for hydroxylation is 1. The maximum Gasteiger partial charge on any atom is 0.133 e. The van der Waals surface area contributed by atoms with Crippen LogP contribution in [-0.4, -0.2) is 17.7 Å². The first kappa shape index (κ1) is 13.3. The second-order valence-electron chi connectivity index (χ2n) is 4.42. The fourth-order valence-corrected chi connectivity index (χ4v) is 1.66. The van der Waals surface area contributed by atoms with Gasteiger partial charge in [0, 0.05) is 12.6 Å². The molecule has 92 valence electrons. The van der Waals surface area contributed by atoms with E-state index in [-0.39, 0.29) is 0 Å². The van der Waals surface area contributed by atoms with E-state index in [1.54, 1.807) is 0 Å². The van der Waals surface area contributed by atoms with Gasteiger partial charge in [-0.3, -0.25) is 0 Å². The Hall–Kier alpha value is -0.800. The maximum absolute atomic E-state index is 9.85. The van der Waals surface area contributed by atoms with Crippen molar-refractivity contribution < 1.29 is 9.52 Å². The van der Waals surface area contributed by atoms with Gasteiger partial charge in [-0.15, -0.1) is 0 Å². The Balaban J connectivity index is 2.27. The van der Waals surface area contributed by atoms with Crippen LogP contribution in [0, 0.1) is 6.92 Å². The molecule has 3 nitrogen and oxygen atoms in total. The maximum atomic E-state index is 9.85. The van der Waals surface area contributed by atoms with Crippen molar-refractivity contribution in [2.24, 2.45) is 0 Å². The smallest absolute Gasteiger partial charge is 0.133 e. The van der Waals surface area contributed by atoms with Gasteiger partial charge in [-0.05, 0) is 32.4 Å². The van der Waals surface area contributed by atoms with E-state index < -0.39 is 6.10 Å². The zero-order valence-corrected chi connectivity index (χ0v) is 10.5. The van der Waals surface area contributed by atoms with Crippen LogP contribution in [0.25, 0.3) is 0 Å². The molecule has 0 saturated carbocycles. The molecule has 3 heteroatoms. The second-order valence-corrected chi connectivity index (χ2v) is 4.42. The molecule has 2 unspecified atom stereocenters. The molecule has 1 aromatic heterocycles. The summed E-state index contributed by atoms with van der Waals surface area (Å²) < 4.78 is 5.37. The summed E-state index contributed by atoms with van der Waals surface area (Å²) >= 11 is 0. The van der Waals surface area contributed by atoms with Crippen molar-refractivity contribution in [2.75, 3.05) is 6.54 Å². The van der Waals surface area contributed by atoms with E-state index in [9.17, 15) is 5.11 Å². The summed E-state index contributed by atoms with van der Waals surface area (Å²) in [6.45, 7) is 6.77. The van der Waals surface area contributed by atoms with E-state index in [1.165, 1.54) is 12.8 Å². The first-order valence-corrected chi connectivity index (χ1v) is 6.11. The van der Waals surface area contributed by atoms with Crippen LogP contribution >= 0.6 is 0 Å². The Morgan fingerprint density at radius 3 is 2.75 bits per heavy atom. The van der Waals surface area contributed by atoms with Crippen LogP contribution in [0.2, 0.25) is 0 Å². The number of hydrogen-bond acceptors (Lipinski definition) is 3. The monoisotopic (exact) mass is 225 g/mol. The third-order valence-electron chi connectivity index (χ3n) is 2.74. The predicted molar refractivity (Wildman–Crippen MR) is 65.4 cm³/mol. The van der Waals surface area contributed by atoms with Gasteiger partial charge in [0.15, 0.2) is 0 Å². The zero-order chi connectivity index (χ0) is 12.0. The summed E-state index contributed by atoms with van der Waals surface area (Å²) in [5.41, 5.74) is 0. The SMILES string of the molecule is CCCCC(C)NCC(O)c1ccc(C)o1. The van der Waals surface area contributed by atoms with Crippen LogP contribution in [0.5, 0.6) is 0 Å². The summed E-state index contributed by atoms with van der Waals surface area (Å²) in [4.78, 5) is 0. The third-order valence-corrected chi connectivity index (χ3v) is 2.74. The van der Waals surface area contributed by atoms with E-state index in [4.69, 9.17) is 4.42 Å². The van der Waals surface area contributed by atoms with Crippen LogP contribution in [0.3, 0.4) is 0 Å². The van der Waals surface area contributed by atoms with Gasteiger partial charge in [0.2, 0.25) is 0 Å². The lowest BCUT2D eigenvalue weighted by molar-refractivity contribution is 0.142.